The number of hydrogen-bond acceptors (Lipinski definition) is 3. The van der Waals surface area contributed by atoms with Gasteiger partial charge in [0.15, 0.2) is 0 Å². The Hall–Kier alpha value is -2.95. The maximum Gasteiger partial charge on any atom is 0.261 e. The Morgan fingerprint density at radius 2 is 1.67 bits per heavy atom. The molecule has 0 bridgehead atoms. The first-order valence-corrected chi connectivity index (χ1v) is 9.18. The first-order chi connectivity index (χ1) is 12.9. The Morgan fingerprint density at radius 3 is 2.33 bits per heavy atom. The summed E-state index contributed by atoms with van der Waals surface area (Å²) in [5.41, 5.74) is 2.83. The molecule has 0 aliphatic carbocycles. The fourth-order valence-electron chi connectivity index (χ4n) is 3.30. The van der Waals surface area contributed by atoms with Gasteiger partial charge >= 0.3 is 0 Å². The van der Waals surface area contributed by atoms with Crippen molar-refractivity contribution in [3.05, 3.63) is 70.8 Å². The van der Waals surface area contributed by atoms with Crippen molar-refractivity contribution in [2.45, 2.75) is 39.8 Å². The average Bonchev–Trinajstić information content (AvgIpc) is 2.88. The van der Waals surface area contributed by atoms with E-state index in [2.05, 4.69) is 0 Å². The number of imide groups is 1. The molecule has 1 aliphatic rings. The molecule has 27 heavy (non-hydrogen) atoms. The minimum absolute atomic E-state index is 0.0301. The van der Waals surface area contributed by atoms with Crippen molar-refractivity contribution < 1.29 is 14.4 Å². The minimum atomic E-state index is -0.318. The number of rotatable bonds is 6. The molecule has 0 saturated heterocycles. The fraction of sp³-hybridized carbons (Fsp3) is 0.318. The summed E-state index contributed by atoms with van der Waals surface area (Å²) in [5.74, 6) is -0.700. The first-order valence-electron chi connectivity index (χ1n) is 9.18. The Labute approximate surface area is 159 Å². The van der Waals surface area contributed by atoms with Crippen LogP contribution in [0.1, 0.15) is 52.1 Å². The van der Waals surface area contributed by atoms with E-state index in [0.717, 1.165) is 11.1 Å². The van der Waals surface area contributed by atoms with E-state index in [1.807, 2.05) is 57.2 Å². The maximum absolute atomic E-state index is 12.8. The van der Waals surface area contributed by atoms with E-state index >= 15 is 0 Å². The summed E-state index contributed by atoms with van der Waals surface area (Å²) in [6, 6.07) is 15.1. The molecular formula is C22H24N2O3. The molecule has 5 nitrogen and oxygen atoms in total. The summed E-state index contributed by atoms with van der Waals surface area (Å²) in [5, 5.41) is 0. The van der Waals surface area contributed by atoms with Crippen LogP contribution in [0.15, 0.2) is 48.5 Å². The molecule has 140 valence electrons. The summed E-state index contributed by atoms with van der Waals surface area (Å²) < 4.78 is 0. The van der Waals surface area contributed by atoms with Crippen LogP contribution in [0.2, 0.25) is 0 Å². The van der Waals surface area contributed by atoms with E-state index in [0.29, 0.717) is 17.7 Å². The van der Waals surface area contributed by atoms with Crippen molar-refractivity contribution >= 4 is 17.7 Å². The van der Waals surface area contributed by atoms with Gasteiger partial charge in [-0.25, -0.2) is 0 Å². The van der Waals surface area contributed by atoms with Crippen LogP contribution >= 0.6 is 0 Å². The molecule has 1 heterocycles. The highest BCUT2D eigenvalue weighted by Crippen LogP contribution is 2.24. The van der Waals surface area contributed by atoms with Crippen LogP contribution in [0.4, 0.5) is 0 Å². The molecule has 0 N–H and O–H groups in total. The Bertz CT molecular complexity index is 874. The van der Waals surface area contributed by atoms with E-state index in [1.165, 1.54) is 4.90 Å². The highest BCUT2D eigenvalue weighted by atomic mass is 16.2. The van der Waals surface area contributed by atoms with Gasteiger partial charge in [-0.2, -0.15) is 0 Å². The minimum Gasteiger partial charge on any atom is -0.336 e. The van der Waals surface area contributed by atoms with Gasteiger partial charge in [0.05, 0.1) is 11.1 Å². The lowest BCUT2D eigenvalue weighted by Crippen LogP contribution is -2.39. The Kier molecular flexibility index (Phi) is 5.40. The predicted octanol–water partition coefficient (Wildman–Crippen LogP) is 3.42. The molecule has 0 fully saturated rings. The summed E-state index contributed by atoms with van der Waals surface area (Å²) in [6.07, 6.45) is 0.121. The van der Waals surface area contributed by atoms with E-state index in [9.17, 15) is 14.4 Å². The Balaban J connectivity index is 1.67. The van der Waals surface area contributed by atoms with Crippen LogP contribution < -0.4 is 0 Å². The Morgan fingerprint density at radius 1 is 1.00 bits per heavy atom. The molecule has 2 aromatic rings. The second-order valence-electron chi connectivity index (χ2n) is 7.16. The molecule has 0 spiro atoms. The lowest BCUT2D eigenvalue weighted by Gasteiger charge is -2.27. The highest BCUT2D eigenvalue weighted by molar-refractivity contribution is 6.21. The standard InChI is InChI=1S/C22H24N2O3/c1-15(2)24(14-17-7-5-4-6-8-17)20(25)11-12-23-21(26)18-10-9-16(3)13-19(18)22(23)27/h4-10,13,15H,11-12,14H2,1-3H3. The SMILES string of the molecule is Cc1ccc2c(c1)C(=O)N(CCC(=O)N(Cc1ccccc1)C(C)C)C2=O. The van der Waals surface area contributed by atoms with Crippen LogP contribution in [0, 0.1) is 6.92 Å². The summed E-state index contributed by atoms with van der Waals surface area (Å²) in [6.45, 7) is 6.42. The molecule has 1 aliphatic heterocycles. The third-order valence-corrected chi connectivity index (χ3v) is 4.81. The lowest BCUT2D eigenvalue weighted by molar-refractivity contribution is -0.133. The summed E-state index contributed by atoms with van der Waals surface area (Å²) >= 11 is 0. The van der Waals surface area contributed by atoms with Crippen molar-refractivity contribution in [3.63, 3.8) is 0 Å². The van der Waals surface area contributed by atoms with Gasteiger partial charge in [-0.1, -0.05) is 42.0 Å². The molecule has 0 saturated carbocycles. The van der Waals surface area contributed by atoms with Gasteiger partial charge < -0.3 is 4.90 Å². The topological polar surface area (TPSA) is 57.7 Å². The van der Waals surface area contributed by atoms with Gasteiger partial charge in [0.1, 0.15) is 0 Å². The molecule has 0 atom stereocenters. The summed E-state index contributed by atoms with van der Waals surface area (Å²) in [4.78, 5) is 40.8. The van der Waals surface area contributed by atoms with Crippen LogP contribution in [0.3, 0.4) is 0 Å². The third-order valence-electron chi connectivity index (χ3n) is 4.81. The third kappa shape index (κ3) is 3.92. The van der Waals surface area contributed by atoms with Crippen LogP contribution in [-0.4, -0.2) is 40.1 Å². The zero-order chi connectivity index (χ0) is 19.6. The largest absolute Gasteiger partial charge is 0.336 e. The maximum atomic E-state index is 12.8. The molecule has 3 rings (SSSR count). The average molecular weight is 364 g/mol. The van der Waals surface area contributed by atoms with E-state index in [4.69, 9.17) is 0 Å². The molecule has 2 aromatic carbocycles. The number of nitrogens with zero attached hydrogens (tertiary/aromatic N) is 2. The quantitative estimate of drug-likeness (QED) is 0.738. The number of aryl methyl sites for hydroxylation is 1. The van der Waals surface area contributed by atoms with Crippen molar-refractivity contribution in [2.24, 2.45) is 0 Å². The number of hydrogen-bond donors (Lipinski definition) is 0. The number of fused-ring (bicyclic) bond motifs is 1. The first kappa shape index (κ1) is 18.8. The van der Waals surface area contributed by atoms with Gasteiger partial charge in [-0.15, -0.1) is 0 Å². The highest BCUT2D eigenvalue weighted by Gasteiger charge is 2.35. The number of carbonyl (C=O) groups excluding carboxylic acids is 3. The number of amides is 3. The molecule has 0 aromatic heterocycles. The number of benzene rings is 2. The smallest absolute Gasteiger partial charge is 0.261 e. The van der Waals surface area contributed by atoms with Gasteiger partial charge in [0, 0.05) is 25.6 Å². The lowest BCUT2D eigenvalue weighted by atomic mass is 10.1. The molecular weight excluding hydrogens is 340 g/mol. The summed E-state index contributed by atoms with van der Waals surface area (Å²) in [7, 11) is 0. The van der Waals surface area contributed by atoms with E-state index in [-0.39, 0.29) is 36.7 Å². The van der Waals surface area contributed by atoms with Crippen molar-refractivity contribution in [3.8, 4) is 0 Å². The second kappa shape index (κ2) is 7.74. The number of carbonyl (C=O) groups is 3. The monoisotopic (exact) mass is 364 g/mol. The van der Waals surface area contributed by atoms with Crippen molar-refractivity contribution in [1.82, 2.24) is 9.80 Å². The molecule has 3 amide bonds. The van der Waals surface area contributed by atoms with Crippen LogP contribution in [0.5, 0.6) is 0 Å². The molecule has 0 unspecified atom stereocenters. The van der Waals surface area contributed by atoms with E-state index < -0.39 is 0 Å². The normalized spacial score (nSPS) is 13.3. The molecule has 0 radical (unpaired) electrons. The van der Waals surface area contributed by atoms with Crippen LogP contribution in [-0.2, 0) is 11.3 Å². The predicted molar refractivity (Wildman–Crippen MR) is 103 cm³/mol. The van der Waals surface area contributed by atoms with E-state index in [1.54, 1.807) is 17.0 Å². The van der Waals surface area contributed by atoms with Crippen molar-refractivity contribution in [1.29, 1.82) is 0 Å². The van der Waals surface area contributed by atoms with Gasteiger partial charge in [0.2, 0.25) is 5.91 Å². The van der Waals surface area contributed by atoms with Gasteiger partial charge in [0.25, 0.3) is 11.8 Å². The molecule has 5 heteroatoms. The second-order valence-corrected chi connectivity index (χ2v) is 7.16. The zero-order valence-electron chi connectivity index (χ0n) is 15.9. The fourth-order valence-corrected chi connectivity index (χ4v) is 3.30. The van der Waals surface area contributed by atoms with Gasteiger partial charge in [-0.05, 0) is 38.5 Å². The van der Waals surface area contributed by atoms with Crippen LogP contribution in [0.25, 0.3) is 0 Å². The van der Waals surface area contributed by atoms with Gasteiger partial charge in [-0.3, -0.25) is 19.3 Å². The van der Waals surface area contributed by atoms with Crippen molar-refractivity contribution in [2.75, 3.05) is 6.54 Å². The zero-order valence-corrected chi connectivity index (χ0v) is 15.9.